The molecule has 3 N–H and O–H groups in total. The molecule has 0 amide bonds. The summed E-state index contributed by atoms with van der Waals surface area (Å²) in [5.74, 6) is 0.121. The average molecular weight is 251 g/mol. The van der Waals surface area contributed by atoms with E-state index >= 15 is 0 Å². The number of hydrogen-bond donors (Lipinski definition) is 2. The highest BCUT2D eigenvalue weighted by Gasteiger charge is 2.18. The van der Waals surface area contributed by atoms with Crippen LogP contribution in [0.15, 0.2) is 41.7 Å². The van der Waals surface area contributed by atoms with Crippen LogP contribution in [0.3, 0.4) is 0 Å². The lowest BCUT2D eigenvalue weighted by Gasteiger charge is -2.07. The maximum atomic E-state index is 11.9. The number of pyridine rings is 1. The number of nitrogen functional groups attached to an aromatic ring is 1. The summed E-state index contributed by atoms with van der Waals surface area (Å²) in [7, 11) is -3.78. The fourth-order valence-corrected chi connectivity index (χ4v) is 2.24. The van der Waals surface area contributed by atoms with Gasteiger partial charge in [0.2, 0.25) is 0 Å². The first kappa shape index (κ1) is 11.3. The molecule has 0 spiro atoms. The highest BCUT2D eigenvalue weighted by atomic mass is 32.2. The summed E-state index contributed by atoms with van der Waals surface area (Å²) in [5.41, 5.74) is 5.69. The Labute approximate surface area is 97.8 Å². The molecule has 0 unspecified atom stereocenters. The van der Waals surface area contributed by atoms with E-state index in [1.807, 2.05) is 0 Å². The van der Waals surface area contributed by atoms with Crippen LogP contribution in [0.5, 0.6) is 0 Å². The largest absolute Gasteiger partial charge is 0.398 e. The predicted octanol–water partition coefficient (Wildman–Crippen LogP) is 0.255. The number of nitrogens with one attached hydrogen (secondary N) is 1. The molecule has 0 fully saturated rings. The number of hydrogen-bond acceptors (Lipinski definition) is 6. The van der Waals surface area contributed by atoms with E-state index in [4.69, 9.17) is 5.73 Å². The quantitative estimate of drug-likeness (QED) is 0.809. The normalized spacial score (nSPS) is 11.1. The van der Waals surface area contributed by atoms with Crippen molar-refractivity contribution in [1.29, 1.82) is 0 Å². The summed E-state index contributed by atoms with van der Waals surface area (Å²) in [4.78, 5) is 3.63. The minimum Gasteiger partial charge on any atom is -0.398 e. The topological polar surface area (TPSA) is 111 Å². The zero-order valence-corrected chi connectivity index (χ0v) is 9.42. The van der Waals surface area contributed by atoms with Crippen molar-refractivity contribution >= 4 is 21.5 Å². The van der Waals surface area contributed by atoms with Gasteiger partial charge in [0.1, 0.15) is 4.90 Å². The molecule has 8 heteroatoms. The van der Waals surface area contributed by atoms with Crippen molar-refractivity contribution in [1.82, 2.24) is 15.2 Å². The molecule has 0 aromatic carbocycles. The second-order valence-corrected chi connectivity index (χ2v) is 4.78. The van der Waals surface area contributed by atoms with Gasteiger partial charge in [-0.15, -0.1) is 5.10 Å². The summed E-state index contributed by atoms with van der Waals surface area (Å²) in [6, 6.07) is 4.46. The standard InChI is InChI=1S/C9H9N5O2S/c10-7-3-5-11-6-8(7)17(15,16)14-9-2-1-4-12-13-9/h1-6H,(H2,10,11)(H,13,14). The molecular weight excluding hydrogens is 242 g/mol. The molecule has 2 aromatic heterocycles. The van der Waals surface area contributed by atoms with Crippen molar-refractivity contribution in [3.05, 3.63) is 36.8 Å². The van der Waals surface area contributed by atoms with E-state index in [9.17, 15) is 8.42 Å². The molecule has 88 valence electrons. The van der Waals surface area contributed by atoms with Crippen LogP contribution in [0.2, 0.25) is 0 Å². The molecular formula is C9H9N5O2S. The van der Waals surface area contributed by atoms with E-state index in [-0.39, 0.29) is 16.4 Å². The molecule has 0 atom stereocenters. The number of aromatic nitrogens is 3. The first-order valence-electron chi connectivity index (χ1n) is 4.59. The zero-order chi connectivity index (χ0) is 12.3. The lowest BCUT2D eigenvalue weighted by Crippen LogP contribution is -2.16. The van der Waals surface area contributed by atoms with E-state index in [0.717, 1.165) is 0 Å². The molecule has 0 aliphatic carbocycles. The van der Waals surface area contributed by atoms with E-state index in [0.29, 0.717) is 0 Å². The Morgan fingerprint density at radius 2 is 2.06 bits per heavy atom. The van der Waals surface area contributed by atoms with Crippen molar-refractivity contribution in [3.8, 4) is 0 Å². The second-order valence-electron chi connectivity index (χ2n) is 3.13. The van der Waals surface area contributed by atoms with Crippen molar-refractivity contribution in [2.75, 3.05) is 10.5 Å². The SMILES string of the molecule is Nc1ccncc1S(=O)(=O)Nc1cccnn1. The van der Waals surface area contributed by atoms with E-state index < -0.39 is 10.0 Å². The molecule has 0 aliphatic rings. The van der Waals surface area contributed by atoms with Crippen molar-refractivity contribution in [2.24, 2.45) is 0 Å². The molecule has 2 heterocycles. The number of nitrogens with two attached hydrogens (primary N) is 1. The van der Waals surface area contributed by atoms with Gasteiger partial charge in [-0.3, -0.25) is 9.71 Å². The van der Waals surface area contributed by atoms with E-state index in [1.54, 1.807) is 6.07 Å². The number of sulfonamides is 1. The molecule has 0 saturated heterocycles. The van der Waals surface area contributed by atoms with Crippen LogP contribution in [-0.2, 0) is 10.0 Å². The highest BCUT2D eigenvalue weighted by molar-refractivity contribution is 7.92. The Morgan fingerprint density at radius 1 is 1.24 bits per heavy atom. The number of nitrogens with zero attached hydrogens (tertiary/aromatic N) is 3. The molecule has 2 rings (SSSR count). The number of rotatable bonds is 3. The Bertz CT molecular complexity index is 614. The van der Waals surface area contributed by atoms with E-state index in [2.05, 4.69) is 19.9 Å². The van der Waals surface area contributed by atoms with Gasteiger partial charge in [-0.1, -0.05) is 0 Å². The maximum absolute atomic E-state index is 11.9. The smallest absolute Gasteiger partial charge is 0.266 e. The average Bonchev–Trinajstić information content (AvgIpc) is 2.30. The molecule has 17 heavy (non-hydrogen) atoms. The molecule has 2 aromatic rings. The Morgan fingerprint density at radius 3 is 2.71 bits per heavy atom. The van der Waals surface area contributed by atoms with Gasteiger partial charge in [0.25, 0.3) is 10.0 Å². The van der Waals surface area contributed by atoms with E-state index in [1.165, 1.54) is 30.7 Å². The summed E-state index contributed by atoms with van der Waals surface area (Å²) in [6.45, 7) is 0. The second kappa shape index (κ2) is 4.34. The van der Waals surface area contributed by atoms with Crippen molar-refractivity contribution in [3.63, 3.8) is 0 Å². The molecule has 0 aliphatic heterocycles. The summed E-state index contributed by atoms with van der Waals surface area (Å²) >= 11 is 0. The van der Waals surface area contributed by atoms with Gasteiger partial charge in [0, 0.05) is 18.6 Å². The van der Waals surface area contributed by atoms with Gasteiger partial charge in [0.15, 0.2) is 5.82 Å². The monoisotopic (exact) mass is 251 g/mol. The van der Waals surface area contributed by atoms with Crippen LogP contribution in [0, 0.1) is 0 Å². The molecule has 7 nitrogen and oxygen atoms in total. The fraction of sp³-hybridized carbons (Fsp3) is 0. The first-order chi connectivity index (χ1) is 8.09. The molecule has 0 bridgehead atoms. The Kier molecular flexibility index (Phi) is 2.88. The minimum atomic E-state index is -3.78. The lowest BCUT2D eigenvalue weighted by atomic mass is 10.4. The van der Waals surface area contributed by atoms with Gasteiger partial charge in [-0.2, -0.15) is 5.10 Å². The maximum Gasteiger partial charge on any atom is 0.266 e. The Hall–Kier alpha value is -2.22. The van der Waals surface area contributed by atoms with Crippen LogP contribution >= 0.6 is 0 Å². The third-order valence-electron chi connectivity index (χ3n) is 1.92. The third-order valence-corrected chi connectivity index (χ3v) is 3.32. The highest BCUT2D eigenvalue weighted by Crippen LogP contribution is 2.18. The molecule has 0 saturated carbocycles. The third kappa shape index (κ3) is 2.48. The van der Waals surface area contributed by atoms with Crippen molar-refractivity contribution in [2.45, 2.75) is 4.90 Å². The van der Waals surface area contributed by atoms with Crippen LogP contribution in [0.25, 0.3) is 0 Å². The van der Waals surface area contributed by atoms with Crippen LogP contribution in [0.1, 0.15) is 0 Å². The van der Waals surface area contributed by atoms with Gasteiger partial charge in [-0.05, 0) is 18.2 Å². The minimum absolute atomic E-state index is 0.0920. The predicted molar refractivity (Wildman–Crippen MR) is 61.5 cm³/mol. The summed E-state index contributed by atoms with van der Waals surface area (Å²) in [6.07, 6.45) is 4.03. The van der Waals surface area contributed by atoms with Crippen molar-refractivity contribution < 1.29 is 8.42 Å². The van der Waals surface area contributed by atoms with Crippen LogP contribution in [-0.4, -0.2) is 23.6 Å². The first-order valence-corrected chi connectivity index (χ1v) is 6.08. The molecule has 0 radical (unpaired) electrons. The van der Waals surface area contributed by atoms with Gasteiger partial charge >= 0.3 is 0 Å². The number of anilines is 2. The summed E-state index contributed by atoms with van der Waals surface area (Å²) in [5, 5.41) is 7.18. The Balaban J connectivity index is 2.36. The fourth-order valence-electron chi connectivity index (χ4n) is 1.16. The zero-order valence-electron chi connectivity index (χ0n) is 8.61. The lowest BCUT2D eigenvalue weighted by molar-refractivity contribution is 0.601. The van der Waals surface area contributed by atoms with Crippen LogP contribution < -0.4 is 10.5 Å². The van der Waals surface area contributed by atoms with Crippen LogP contribution in [0.4, 0.5) is 11.5 Å². The van der Waals surface area contributed by atoms with Gasteiger partial charge in [-0.25, -0.2) is 8.42 Å². The van der Waals surface area contributed by atoms with Gasteiger partial charge in [0.05, 0.1) is 5.69 Å². The van der Waals surface area contributed by atoms with Gasteiger partial charge < -0.3 is 5.73 Å². The summed E-state index contributed by atoms with van der Waals surface area (Å²) < 4.78 is 26.1.